The molecule has 9 heteroatoms. The van der Waals surface area contributed by atoms with E-state index in [2.05, 4.69) is 27.9 Å². The maximum Gasteiger partial charge on any atom is 0.290 e. The molecule has 1 fully saturated rings. The van der Waals surface area contributed by atoms with Gasteiger partial charge in [0.1, 0.15) is 0 Å². The van der Waals surface area contributed by atoms with Crippen LogP contribution in [0.15, 0.2) is 41.3 Å². The number of hydrogen-bond donors (Lipinski definition) is 2. The molecule has 6 nitrogen and oxygen atoms in total. The number of thioether (sulfide) groups is 1. The van der Waals surface area contributed by atoms with Crippen molar-refractivity contribution in [3.05, 3.63) is 56.9 Å². The van der Waals surface area contributed by atoms with Crippen LogP contribution in [0, 0.1) is 0 Å². The molecule has 0 atom stereocenters. The van der Waals surface area contributed by atoms with Gasteiger partial charge in [-0.3, -0.25) is 14.9 Å². The molecule has 2 N–H and O–H groups in total. The molecule has 162 valence electrons. The van der Waals surface area contributed by atoms with Crippen LogP contribution in [-0.4, -0.2) is 25.7 Å². The van der Waals surface area contributed by atoms with E-state index in [1.807, 2.05) is 18.2 Å². The molecule has 4 aromatic rings. The molecule has 5 rings (SSSR count). The Bertz CT molecular complexity index is 1400. The highest BCUT2D eigenvalue weighted by atomic mass is 35.5. The molecule has 2 aromatic heterocycles. The normalized spacial score (nSPS) is 15.4. The Morgan fingerprint density at radius 1 is 1.12 bits per heavy atom. The van der Waals surface area contributed by atoms with E-state index >= 15 is 0 Å². The van der Waals surface area contributed by atoms with E-state index < -0.39 is 0 Å². The number of nitrogens with one attached hydrogen (secondary N) is 2. The number of imidazole rings is 1. The molecule has 0 saturated carbocycles. The molecule has 1 saturated heterocycles. The number of benzene rings is 2. The second kappa shape index (κ2) is 8.31. The summed E-state index contributed by atoms with van der Waals surface area (Å²) in [5.74, 6) is 0.378. The third-order valence-electron chi connectivity index (χ3n) is 5.37. The third-order valence-corrected chi connectivity index (χ3v) is 6.90. The number of unbranched alkanes of at least 4 members (excludes halogenated alkanes) is 1. The van der Waals surface area contributed by atoms with Gasteiger partial charge in [0.05, 0.1) is 31.7 Å². The minimum absolute atomic E-state index is 0.347. The lowest BCUT2D eigenvalue weighted by molar-refractivity contribution is -0.115. The highest BCUT2D eigenvalue weighted by Crippen LogP contribution is 2.33. The van der Waals surface area contributed by atoms with Gasteiger partial charge in [-0.2, -0.15) is 0 Å². The van der Waals surface area contributed by atoms with E-state index in [1.165, 1.54) is 0 Å². The first-order valence-electron chi connectivity index (χ1n) is 10.2. The molecule has 0 unspecified atom stereocenters. The number of amides is 2. The lowest BCUT2D eigenvalue weighted by atomic mass is 10.1. The van der Waals surface area contributed by atoms with Crippen molar-refractivity contribution in [3.63, 3.8) is 0 Å². The number of aryl methyl sites for hydroxylation is 1. The minimum atomic E-state index is -0.360. The molecule has 2 aromatic carbocycles. The number of carbonyl (C=O) groups is 2. The Labute approximate surface area is 198 Å². The van der Waals surface area contributed by atoms with Gasteiger partial charge >= 0.3 is 0 Å². The van der Waals surface area contributed by atoms with Crippen LogP contribution in [0.3, 0.4) is 0 Å². The van der Waals surface area contributed by atoms with Gasteiger partial charge in [-0.15, -0.1) is 0 Å². The Kier molecular flexibility index (Phi) is 5.49. The molecule has 0 bridgehead atoms. The number of imide groups is 1. The first-order chi connectivity index (χ1) is 15.4. The van der Waals surface area contributed by atoms with Crippen LogP contribution in [0.5, 0.6) is 0 Å². The molecule has 0 aliphatic carbocycles. The summed E-state index contributed by atoms with van der Waals surface area (Å²) in [5, 5.41) is 3.91. The van der Waals surface area contributed by atoms with Crippen LogP contribution in [0.2, 0.25) is 10.0 Å². The van der Waals surface area contributed by atoms with E-state index in [0.717, 1.165) is 70.2 Å². The van der Waals surface area contributed by atoms with Crippen LogP contribution < -0.4 is 5.32 Å². The Morgan fingerprint density at radius 2 is 1.94 bits per heavy atom. The molecule has 32 heavy (non-hydrogen) atoms. The van der Waals surface area contributed by atoms with Gasteiger partial charge in [-0.1, -0.05) is 42.6 Å². The van der Waals surface area contributed by atoms with Crippen molar-refractivity contribution < 1.29 is 9.59 Å². The van der Waals surface area contributed by atoms with E-state index in [4.69, 9.17) is 28.2 Å². The van der Waals surface area contributed by atoms with E-state index in [1.54, 1.807) is 18.2 Å². The van der Waals surface area contributed by atoms with Crippen LogP contribution >= 0.6 is 35.0 Å². The largest absolute Gasteiger partial charge is 0.338 e. The van der Waals surface area contributed by atoms with E-state index in [0.29, 0.717) is 15.0 Å². The summed E-state index contributed by atoms with van der Waals surface area (Å²) in [4.78, 5) is 31.8. The maximum absolute atomic E-state index is 11.9. The summed E-state index contributed by atoms with van der Waals surface area (Å²) in [6.07, 6.45) is 3.83. The van der Waals surface area contributed by atoms with Crippen LogP contribution in [0.1, 0.15) is 25.3 Å². The van der Waals surface area contributed by atoms with Crippen LogP contribution in [0.25, 0.3) is 39.5 Å². The number of rotatable bonds is 5. The van der Waals surface area contributed by atoms with Gasteiger partial charge in [0.15, 0.2) is 5.82 Å². The zero-order chi connectivity index (χ0) is 22.4. The van der Waals surface area contributed by atoms with Gasteiger partial charge in [-0.05, 0) is 60.2 Å². The number of hydrogen-bond acceptors (Lipinski definition) is 4. The van der Waals surface area contributed by atoms with Gasteiger partial charge in [0.25, 0.3) is 11.1 Å². The highest BCUT2D eigenvalue weighted by Gasteiger charge is 2.25. The summed E-state index contributed by atoms with van der Waals surface area (Å²) in [6.45, 7) is 3.01. The van der Waals surface area contributed by atoms with Gasteiger partial charge in [-0.25, -0.2) is 4.98 Å². The molecule has 0 radical (unpaired) electrons. The zero-order valence-corrected chi connectivity index (χ0v) is 19.4. The van der Waals surface area contributed by atoms with E-state index in [-0.39, 0.29) is 11.1 Å². The van der Waals surface area contributed by atoms with Crippen molar-refractivity contribution in [2.75, 3.05) is 0 Å². The third kappa shape index (κ3) is 3.81. The molecular weight excluding hydrogens is 467 g/mol. The number of fused-ring (bicyclic) bond motifs is 2. The molecule has 0 spiro atoms. The second-order valence-electron chi connectivity index (χ2n) is 7.57. The zero-order valence-electron chi connectivity index (χ0n) is 17.0. The topological polar surface area (TPSA) is 79.8 Å². The summed E-state index contributed by atoms with van der Waals surface area (Å²) in [6, 6.07) is 11.6. The summed E-state index contributed by atoms with van der Waals surface area (Å²) in [7, 11) is 0. The summed E-state index contributed by atoms with van der Waals surface area (Å²) < 4.78 is 2.25. The Balaban J connectivity index is 1.62. The summed E-state index contributed by atoms with van der Waals surface area (Å²) in [5.41, 5.74) is 4.46. The first-order valence-corrected chi connectivity index (χ1v) is 11.7. The lowest BCUT2D eigenvalue weighted by Crippen LogP contribution is -2.17. The smallest absolute Gasteiger partial charge is 0.290 e. The van der Waals surface area contributed by atoms with Crippen molar-refractivity contribution in [1.29, 1.82) is 0 Å². The van der Waals surface area contributed by atoms with Crippen molar-refractivity contribution in [2.24, 2.45) is 0 Å². The van der Waals surface area contributed by atoms with Crippen molar-refractivity contribution in [2.45, 2.75) is 26.3 Å². The van der Waals surface area contributed by atoms with Crippen molar-refractivity contribution in [3.8, 4) is 11.5 Å². The minimum Gasteiger partial charge on any atom is -0.338 e. The van der Waals surface area contributed by atoms with Gasteiger partial charge in [0.2, 0.25) is 0 Å². The number of carbonyl (C=O) groups excluding carboxylic acids is 2. The lowest BCUT2D eigenvalue weighted by Gasteiger charge is -2.09. The fourth-order valence-corrected chi connectivity index (χ4v) is 4.83. The summed E-state index contributed by atoms with van der Waals surface area (Å²) >= 11 is 13.3. The first kappa shape index (κ1) is 21.1. The molecule has 3 heterocycles. The van der Waals surface area contributed by atoms with Gasteiger partial charge in [0, 0.05) is 17.4 Å². The predicted octanol–water partition coefficient (Wildman–Crippen LogP) is 6.62. The number of nitrogens with zero attached hydrogens (tertiary/aromatic N) is 2. The molecule has 1 aliphatic heterocycles. The number of aromatic nitrogens is 3. The van der Waals surface area contributed by atoms with Crippen LogP contribution in [-0.2, 0) is 11.3 Å². The fraction of sp³-hybridized carbons (Fsp3) is 0.174. The SMILES string of the molecule is CCCCn1c(-c2nc3cc(Cl)c(Cl)cc3[nH]2)cc2cc(/C=C3/SC(=O)NC3=O)ccc21. The molecule has 2 amide bonds. The number of H-pyrrole nitrogens is 1. The quantitative estimate of drug-likeness (QED) is 0.312. The monoisotopic (exact) mass is 484 g/mol. The molecular formula is C23H18Cl2N4O2S. The van der Waals surface area contributed by atoms with Crippen molar-refractivity contribution >= 4 is 74.1 Å². The predicted molar refractivity (Wildman–Crippen MR) is 131 cm³/mol. The number of halogens is 2. The average molecular weight is 485 g/mol. The van der Waals surface area contributed by atoms with Crippen LogP contribution in [0.4, 0.5) is 4.79 Å². The maximum atomic E-state index is 11.9. The van der Waals surface area contributed by atoms with Crippen molar-refractivity contribution in [1.82, 2.24) is 19.9 Å². The standard InChI is InChI=1S/C23H18Cl2N4O2S/c1-2-3-6-29-18-5-4-12(8-20-22(30)28-23(31)32-20)7-13(18)9-19(29)21-26-16-10-14(24)15(25)11-17(16)27-21/h4-5,7-11H,2-3,6H2,1H3,(H,26,27)(H,28,30,31)/b20-8+. The second-order valence-corrected chi connectivity index (χ2v) is 9.40. The Morgan fingerprint density at radius 3 is 2.69 bits per heavy atom. The van der Waals surface area contributed by atoms with E-state index in [9.17, 15) is 9.59 Å². The molecule has 1 aliphatic rings. The highest BCUT2D eigenvalue weighted by molar-refractivity contribution is 8.18. The van der Waals surface area contributed by atoms with Gasteiger partial charge < -0.3 is 9.55 Å². The number of aromatic amines is 1. The average Bonchev–Trinajstić information content (AvgIpc) is 3.41. The Hall–Kier alpha value is -2.74. The fourth-order valence-electron chi connectivity index (χ4n) is 3.83.